The van der Waals surface area contributed by atoms with E-state index in [-0.39, 0.29) is 11.4 Å². The highest BCUT2D eigenvalue weighted by Crippen LogP contribution is 2.22. The highest BCUT2D eigenvalue weighted by molar-refractivity contribution is 5.91. The Morgan fingerprint density at radius 3 is 2.59 bits per heavy atom. The number of methoxy groups -OCH3 is 1. The summed E-state index contributed by atoms with van der Waals surface area (Å²) in [5.41, 5.74) is 7.88. The number of ether oxygens (including phenoxy) is 1. The van der Waals surface area contributed by atoms with Crippen molar-refractivity contribution in [1.82, 2.24) is 0 Å². The largest absolute Gasteiger partial charge is 0.465 e. The maximum absolute atomic E-state index is 11.4. The number of nitrogens with one attached hydrogen (secondary N) is 1. The summed E-state index contributed by atoms with van der Waals surface area (Å²) in [5, 5.41) is 3.24. The molecule has 1 rings (SSSR count). The monoisotopic (exact) mass is 236 g/mol. The lowest BCUT2D eigenvalue weighted by Gasteiger charge is -2.20. The molecule has 0 fully saturated rings. The molecule has 17 heavy (non-hydrogen) atoms. The van der Waals surface area contributed by atoms with Gasteiger partial charge in [0.05, 0.1) is 24.0 Å². The second kappa shape index (κ2) is 5.08. The third kappa shape index (κ3) is 3.98. The number of anilines is 2. The third-order valence-electron chi connectivity index (χ3n) is 2.28. The third-order valence-corrected chi connectivity index (χ3v) is 2.28. The van der Waals surface area contributed by atoms with Crippen LogP contribution >= 0.6 is 0 Å². The van der Waals surface area contributed by atoms with E-state index in [9.17, 15) is 4.79 Å². The molecule has 0 aliphatic carbocycles. The number of nitrogens with two attached hydrogens (primary N) is 1. The first-order valence-corrected chi connectivity index (χ1v) is 5.55. The van der Waals surface area contributed by atoms with Crippen LogP contribution in [0, 0.1) is 5.41 Å². The fraction of sp³-hybridized carbons (Fsp3) is 0.462. The van der Waals surface area contributed by atoms with Gasteiger partial charge in [-0.05, 0) is 23.6 Å². The van der Waals surface area contributed by atoms with Gasteiger partial charge in [0.25, 0.3) is 0 Å². The Labute approximate surface area is 102 Å². The van der Waals surface area contributed by atoms with Crippen molar-refractivity contribution < 1.29 is 9.53 Å². The summed E-state index contributed by atoms with van der Waals surface area (Å²) < 4.78 is 4.67. The quantitative estimate of drug-likeness (QED) is 0.625. The molecule has 0 radical (unpaired) electrons. The van der Waals surface area contributed by atoms with Gasteiger partial charge in [-0.25, -0.2) is 4.79 Å². The first kappa shape index (κ1) is 13.4. The summed E-state index contributed by atoms with van der Waals surface area (Å²) in [6.45, 7) is 7.16. The molecule has 1 aromatic carbocycles. The number of esters is 1. The van der Waals surface area contributed by atoms with Crippen LogP contribution in [0.15, 0.2) is 18.2 Å². The molecule has 0 aromatic heterocycles. The first-order chi connectivity index (χ1) is 7.83. The van der Waals surface area contributed by atoms with E-state index in [1.807, 2.05) is 0 Å². The van der Waals surface area contributed by atoms with E-state index >= 15 is 0 Å². The lowest BCUT2D eigenvalue weighted by Crippen LogP contribution is -2.19. The molecule has 0 saturated carbocycles. The standard InChI is InChI=1S/C13H20N2O2/c1-13(2,3)8-15-11-7-9(12(16)17-4)5-6-10(11)14/h5-7,15H,8,14H2,1-4H3. The summed E-state index contributed by atoms with van der Waals surface area (Å²) in [6, 6.07) is 5.08. The van der Waals surface area contributed by atoms with Gasteiger partial charge in [-0.2, -0.15) is 0 Å². The van der Waals surface area contributed by atoms with Gasteiger partial charge in [0.15, 0.2) is 0 Å². The predicted octanol–water partition coefficient (Wildman–Crippen LogP) is 2.51. The molecule has 1 aromatic rings. The van der Waals surface area contributed by atoms with Crippen molar-refractivity contribution in [2.45, 2.75) is 20.8 Å². The van der Waals surface area contributed by atoms with Crippen LogP contribution in [-0.4, -0.2) is 19.6 Å². The molecule has 3 N–H and O–H groups in total. The molecule has 94 valence electrons. The van der Waals surface area contributed by atoms with Gasteiger partial charge in [-0.3, -0.25) is 0 Å². The van der Waals surface area contributed by atoms with Gasteiger partial charge < -0.3 is 15.8 Å². The van der Waals surface area contributed by atoms with E-state index in [2.05, 4.69) is 30.8 Å². The Bertz CT molecular complexity index is 408. The number of carbonyl (C=O) groups is 1. The van der Waals surface area contributed by atoms with Crippen LogP contribution in [-0.2, 0) is 4.74 Å². The second-order valence-corrected chi connectivity index (χ2v) is 5.21. The second-order valence-electron chi connectivity index (χ2n) is 5.21. The molecular formula is C13H20N2O2. The van der Waals surface area contributed by atoms with E-state index in [4.69, 9.17) is 5.73 Å². The molecule has 0 saturated heterocycles. The SMILES string of the molecule is COC(=O)c1ccc(N)c(NCC(C)(C)C)c1. The summed E-state index contributed by atoms with van der Waals surface area (Å²) in [4.78, 5) is 11.4. The average molecular weight is 236 g/mol. The summed E-state index contributed by atoms with van der Waals surface area (Å²) in [7, 11) is 1.36. The van der Waals surface area contributed by atoms with E-state index in [1.54, 1.807) is 18.2 Å². The van der Waals surface area contributed by atoms with Crippen LogP contribution in [0.1, 0.15) is 31.1 Å². The van der Waals surface area contributed by atoms with Crippen molar-refractivity contribution in [1.29, 1.82) is 0 Å². The van der Waals surface area contributed by atoms with Crippen molar-refractivity contribution >= 4 is 17.3 Å². The Hall–Kier alpha value is -1.71. The Balaban J connectivity index is 2.87. The van der Waals surface area contributed by atoms with E-state index in [0.717, 1.165) is 12.2 Å². The molecule has 0 atom stereocenters. The number of nitrogen functional groups attached to an aromatic ring is 1. The van der Waals surface area contributed by atoms with Gasteiger partial charge in [-0.1, -0.05) is 20.8 Å². The van der Waals surface area contributed by atoms with Crippen LogP contribution in [0.25, 0.3) is 0 Å². The minimum Gasteiger partial charge on any atom is -0.465 e. The van der Waals surface area contributed by atoms with Crippen molar-refractivity contribution in [2.75, 3.05) is 24.7 Å². The van der Waals surface area contributed by atoms with E-state index < -0.39 is 0 Å². The van der Waals surface area contributed by atoms with Gasteiger partial charge in [0.1, 0.15) is 0 Å². The number of rotatable bonds is 3. The molecule has 0 spiro atoms. The number of carbonyl (C=O) groups excluding carboxylic acids is 1. The molecule has 0 aliphatic heterocycles. The van der Waals surface area contributed by atoms with Crippen LogP contribution in [0.5, 0.6) is 0 Å². The number of hydrogen-bond donors (Lipinski definition) is 2. The Morgan fingerprint density at radius 2 is 2.06 bits per heavy atom. The summed E-state index contributed by atoms with van der Waals surface area (Å²) >= 11 is 0. The van der Waals surface area contributed by atoms with Crippen LogP contribution in [0.3, 0.4) is 0 Å². The zero-order chi connectivity index (χ0) is 13.1. The lowest BCUT2D eigenvalue weighted by atomic mass is 9.97. The molecule has 0 aliphatic rings. The fourth-order valence-electron chi connectivity index (χ4n) is 1.31. The summed E-state index contributed by atoms with van der Waals surface area (Å²) in [6.07, 6.45) is 0. The molecule has 0 unspecified atom stereocenters. The molecule has 0 amide bonds. The van der Waals surface area contributed by atoms with Gasteiger partial charge >= 0.3 is 5.97 Å². The zero-order valence-electron chi connectivity index (χ0n) is 10.8. The number of benzene rings is 1. The maximum Gasteiger partial charge on any atom is 0.337 e. The topological polar surface area (TPSA) is 64.3 Å². The average Bonchev–Trinajstić information content (AvgIpc) is 2.26. The smallest absolute Gasteiger partial charge is 0.337 e. The van der Waals surface area contributed by atoms with Crippen LogP contribution in [0.4, 0.5) is 11.4 Å². The maximum atomic E-state index is 11.4. The molecule has 0 bridgehead atoms. The molecule has 4 nitrogen and oxygen atoms in total. The summed E-state index contributed by atoms with van der Waals surface area (Å²) in [5.74, 6) is -0.358. The fourth-order valence-corrected chi connectivity index (χ4v) is 1.31. The highest BCUT2D eigenvalue weighted by atomic mass is 16.5. The van der Waals surface area contributed by atoms with E-state index in [1.165, 1.54) is 7.11 Å². The van der Waals surface area contributed by atoms with Crippen molar-refractivity contribution in [2.24, 2.45) is 5.41 Å². The van der Waals surface area contributed by atoms with Gasteiger partial charge in [0, 0.05) is 6.54 Å². The lowest BCUT2D eigenvalue weighted by molar-refractivity contribution is 0.0601. The van der Waals surface area contributed by atoms with Crippen molar-refractivity contribution in [3.8, 4) is 0 Å². The van der Waals surface area contributed by atoms with Crippen molar-refractivity contribution in [3.05, 3.63) is 23.8 Å². The van der Waals surface area contributed by atoms with Gasteiger partial charge in [-0.15, -0.1) is 0 Å². The zero-order valence-corrected chi connectivity index (χ0v) is 10.8. The first-order valence-electron chi connectivity index (χ1n) is 5.55. The Morgan fingerprint density at radius 1 is 1.41 bits per heavy atom. The number of hydrogen-bond acceptors (Lipinski definition) is 4. The van der Waals surface area contributed by atoms with E-state index in [0.29, 0.717) is 11.3 Å². The van der Waals surface area contributed by atoms with Crippen LogP contribution < -0.4 is 11.1 Å². The molecule has 0 heterocycles. The normalized spacial score (nSPS) is 11.1. The molecular weight excluding hydrogens is 216 g/mol. The minimum atomic E-state index is -0.358. The van der Waals surface area contributed by atoms with Gasteiger partial charge in [0.2, 0.25) is 0 Å². The Kier molecular flexibility index (Phi) is 3.99. The predicted molar refractivity (Wildman–Crippen MR) is 70.1 cm³/mol. The highest BCUT2D eigenvalue weighted by Gasteiger charge is 2.12. The minimum absolute atomic E-state index is 0.147. The van der Waals surface area contributed by atoms with Crippen molar-refractivity contribution in [3.63, 3.8) is 0 Å². The van der Waals surface area contributed by atoms with Crippen LogP contribution in [0.2, 0.25) is 0 Å². The molecule has 4 heteroatoms.